The Morgan fingerprint density at radius 2 is 1.63 bits per heavy atom. The van der Waals surface area contributed by atoms with Gasteiger partial charge in [0, 0.05) is 5.54 Å². The van der Waals surface area contributed by atoms with Crippen LogP contribution in [0.1, 0.15) is 72.1 Å². The minimum absolute atomic E-state index is 0.131. The molecule has 5 heteroatoms. The fourth-order valence-corrected chi connectivity index (χ4v) is 3.55. The lowest BCUT2D eigenvalue weighted by Crippen LogP contribution is -2.44. The second-order valence-corrected chi connectivity index (χ2v) is 7.99. The van der Waals surface area contributed by atoms with E-state index < -0.39 is 0 Å². The summed E-state index contributed by atoms with van der Waals surface area (Å²) in [4.78, 5) is 0. The smallest absolute Gasteiger partial charge is 0.102 e. The third kappa shape index (κ3) is 6.23. The molecular formula is C14H28N2S3. The van der Waals surface area contributed by atoms with Crippen LogP contribution in [0, 0.1) is 0 Å². The number of unbranched alkanes of at least 4 members (excludes halogenated alkanes) is 6. The van der Waals surface area contributed by atoms with E-state index in [2.05, 4.69) is 55.9 Å². The molecule has 0 unspecified atom stereocenters. The van der Waals surface area contributed by atoms with Crippen LogP contribution in [0.5, 0.6) is 0 Å². The van der Waals surface area contributed by atoms with Gasteiger partial charge in [-0.3, -0.25) is 0 Å². The summed E-state index contributed by atoms with van der Waals surface area (Å²) >= 11 is 10.4. The van der Waals surface area contributed by atoms with Crippen molar-refractivity contribution in [2.75, 3.05) is 0 Å². The van der Waals surface area contributed by atoms with Crippen LogP contribution in [-0.2, 0) is 0 Å². The number of hydrogen-bond donors (Lipinski definition) is 3. The van der Waals surface area contributed by atoms with E-state index in [1.54, 1.807) is 11.9 Å². The lowest BCUT2D eigenvalue weighted by molar-refractivity contribution is 0.193. The third-order valence-electron chi connectivity index (χ3n) is 3.53. The molecule has 1 aliphatic rings. The Labute approximate surface area is 134 Å². The van der Waals surface area contributed by atoms with Gasteiger partial charge in [0.15, 0.2) is 0 Å². The van der Waals surface area contributed by atoms with Crippen molar-refractivity contribution < 1.29 is 0 Å². The van der Waals surface area contributed by atoms with Crippen LogP contribution < -0.4 is 5.43 Å². The Morgan fingerprint density at radius 3 is 2.16 bits per heavy atom. The SMILES string of the molecule is CCCCCCCCCC(C)(C)N1NC(S)=C(S)S1. The summed E-state index contributed by atoms with van der Waals surface area (Å²) < 4.78 is 3.13. The normalized spacial score (nSPS) is 17.1. The van der Waals surface area contributed by atoms with Crippen LogP contribution in [0.3, 0.4) is 0 Å². The Morgan fingerprint density at radius 1 is 1.05 bits per heavy atom. The summed E-state index contributed by atoms with van der Waals surface area (Å²) in [5, 5.41) is 0.862. The maximum Gasteiger partial charge on any atom is 0.102 e. The topological polar surface area (TPSA) is 15.3 Å². The molecule has 1 heterocycles. The molecule has 0 bridgehead atoms. The first-order chi connectivity index (χ1) is 8.97. The first-order valence-electron chi connectivity index (χ1n) is 7.34. The molecule has 2 nitrogen and oxygen atoms in total. The Kier molecular flexibility index (Phi) is 8.11. The predicted octanol–water partition coefficient (Wildman–Crippen LogP) is 5.36. The van der Waals surface area contributed by atoms with Gasteiger partial charge in [-0.25, -0.2) is 0 Å². The van der Waals surface area contributed by atoms with Crippen molar-refractivity contribution in [1.29, 1.82) is 0 Å². The number of hydrogen-bond acceptors (Lipinski definition) is 5. The molecule has 0 aromatic heterocycles. The van der Waals surface area contributed by atoms with Crippen molar-refractivity contribution in [2.24, 2.45) is 0 Å². The van der Waals surface area contributed by atoms with Crippen molar-refractivity contribution in [2.45, 2.75) is 77.7 Å². The molecule has 0 fully saturated rings. The van der Waals surface area contributed by atoms with Gasteiger partial charge in [0.25, 0.3) is 0 Å². The highest BCUT2D eigenvalue weighted by molar-refractivity contribution is 8.15. The quantitative estimate of drug-likeness (QED) is 0.301. The molecule has 0 aromatic rings. The van der Waals surface area contributed by atoms with E-state index in [1.165, 1.54) is 51.4 Å². The zero-order valence-electron chi connectivity index (χ0n) is 12.4. The molecule has 0 saturated carbocycles. The zero-order chi connectivity index (χ0) is 14.3. The first kappa shape index (κ1) is 17.6. The molecule has 0 spiro atoms. The summed E-state index contributed by atoms with van der Waals surface area (Å²) in [5.41, 5.74) is 3.41. The van der Waals surface area contributed by atoms with Gasteiger partial charge in [-0.1, -0.05) is 51.9 Å². The fourth-order valence-electron chi connectivity index (χ4n) is 2.19. The number of nitrogens with one attached hydrogen (secondary N) is 1. The van der Waals surface area contributed by atoms with Crippen LogP contribution in [0.4, 0.5) is 0 Å². The molecule has 0 aliphatic carbocycles. The molecule has 1 aliphatic heterocycles. The second-order valence-electron chi connectivity index (χ2n) is 5.83. The molecule has 1 N–H and O–H groups in total. The van der Waals surface area contributed by atoms with Crippen molar-refractivity contribution in [3.63, 3.8) is 0 Å². The minimum atomic E-state index is 0.131. The fraction of sp³-hybridized carbons (Fsp3) is 0.857. The van der Waals surface area contributed by atoms with E-state index in [0.717, 1.165) is 9.27 Å². The Balaban J connectivity index is 2.14. The van der Waals surface area contributed by atoms with Crippen LogP contribution in [0.15, 0.2) is 9.27 Å². The van der Waals surface area contributed by atoms with Gasteiger partial charge in [-0.15, -0.1) is 25.3 Å². The Hall–Kier alpha value is 0.550. The lowest BCUT2D eigenvalue weighted by Gasteiger charge is -2.34. The van der Waals surface area contributed by atoms with E-state index in [1.807, 2.05) is 0 Å². The highest BCUT2D eigenvalue weighted by Crippen LogP contribution is 2.39. The lowest BCUT2D eigenvalue weighted by atomic mass is 9.97. The van der Waals surface area contributed by atoms with Crippen LogP contribution >= 0.6 is 37.2 Å². The van der Waals surface area contributed by atoms with Gasteiger partial charge in [0.1, 0.15) is 5.03 Å². The van der Waals surface area contributed by atoms with Gasteiger partial charge in [-0.05, 0) is 32.2 Å². The summed E-state index contributed by atoms with van der Waals surface area (Å²) in [5.74, 6) is 0. The van der Waals surface area contributed by atoms with Crippen LogP contribution in [-0.4, -0.2) is 9.95 Å². The van der Waals surface area contributed by atoms with Crippen LogP contribution in [0.25, 0.3) is 0 Å². The average molecular weight is 321 g/mol. The molecule has 112 valence electrons. The third-order valence-corrected chi connectivity index (χ3v) is 5.79. The summed E-state index contributed by atoms with van der Waals surface area (Å²) in [6.07, 6.45) is 10.7. The minimum Gasteiger partial charge on any atom is -0.301 e. The molecular weight excluding hydrogens is 292 g/mol. The molecule has 0 atom stereocenters. The second kappa shape index (κ2) is 8.75. The van der Waals surface area contributed by atoms with Crippen molar-refractivity contribution in [1.82, 2.24) is 9.84 Å². The standard InChI is InChI=1S/C14H28N2S3/c1-4-5-6-7-8-9-10-11-14(2,3)16-15-12(17)13(18)19-16/h15,17-18H,4-11H2,1-3H3. The maximum absolute atomic E-state index is 4.40. The molecule has 1 rings (SSSR count). The number of nitrogens with zero attached hydrogens (tertiary/aromatic N) is 1. The van der Waals surface area contributed by atoms with Crippen molar-refractivity contribution in [3.8, 4) is 0 Å². The molecule has 19 heavy (non-hydrogen) atoms. The molecule has 0 aromatic carbocycles. The van der Waals surface area contributed by atoms with Gasteiger partial charge >= 0.3 is 0 Å². The number of thiol groups is 2. The maximum atomic E-state index is 4.40. The number of hydrazine groups is 1. The molecule has 0 radical (unpaired) electrons. The molecule has 0 saturated heterocycles. The summed E-state index contributed by atoms with van der Waals surface area (Å²) in [6.45, 7) is 6.82. The molecule has 0 amide bonds. The highest BCUT2D eigenvalue weighted by Gasteiger charge is 2.32. The van der Waals surface area contributed by atoms with Gasteiger partial charge in [0.2, 0.25) is 0 Å². The van der Waals surface area contributed by atoms with Gasteiger partial charge in [-0.2, -0.15) is 4.41 Å². The largest absolute Gasteiger partial charge is 0.301 e. The highest BCUT2D eigenvalue weighted by atomic mass is 32.2. The Bertz CT molecular complexity index is 289. The summed E-state index contributed by atoms with van der Waals surface area (Å²) in [6, 6.07) is 0. The average Bonchev–Trinajstić information content (AvgIpc) is 2.69. The van der Waals surface area contributed by atoms with Gasteiger partial charge in [0.05, 0.1) is 4.24 Å². The number of rotatable bonds is 9. The monoisotopic (exact) mass is 320 g/mol. The predicted molar refractivity (Wildman–Crippen MR) is 94.3 cm³/mol. The van der Waals surface area contributed by atoms with Gasteiger partial charge < -0.3 is 5.43 Å². The van der Waals surface area contributed by atoms with E-state index in [-0.39, 0.29) is 5.54 Å². The summed E-state index contributed by atoms with van der Waals surface area (Å²) in [7, 11) is 0. The van der Waals surface area contributed by atoms with E-state index in [0.29, 0.717) is 0 Å². The van der Waals surface area contributed by atoms with Crippen LogP contribution in [0.2, 0.25) is 0 Å². The van der Waals surface area contributed by atoms with Crippen molar-refractivity contribution >= 4 is 37.2 Å². The van der Waals surface area contributed by atoms with E-state index in [4.69, 9.17) is 0 Å². The van der Waals surface area contributed by atoms with E-state index >= 15 is 0 Å². The zero-order valence-corrected chi connectivity index (χ0v) is 15.0. The van der Waals surface area contributed by atoms with E-state index in [9.17, 15) is 0 Å². The first-order valence-corrected chi connectivity index (χ1v) is 9.01. The van der Waals surface area contributed by atoms with Crippen molar-refractivity contribution in [3.05, 3.63) is 9.27 Å².